The first-order valence-electron chi connectivity index (χ1n) is 16.6. The molecule has 5 rings (SSSR count). The zero-order valence-electron chi connectivity index (χ0n) is 28.8. The van der Waals surface area contributed by atoms with Crippen molar-refractivity contribution >= 4 is 58.1 Å². The smallest absolute Gasteiger partial charge is 0.321 e. The number of nitrogens with one attached hydrogen (secondary N) is 2. The Bertz CT molecular complexity index is 1820. The normalized spacial score (nSPS) is 26.1. The second-order valence-corrected chi connectivity index (χ2v) is 14.4. The maximum atomic E-state index is 14.3. The average molecular weight is 762 g/mol. The Labute approximate surface area is 309 Å². The summed E-state index contributed by atoms with van der Waals surface area (Å²) < 4.78 is 0. The average Bonchev–Trinajstić information content (AvgIpc) is 3.08. The number of benzene rings is 2. The number of aliphatic hydroxyl groups excluding tert-OH is 2. The van der Waals surface area contributed by atoms with Gasteiger partial charge in [0.25, 0.3) is 5.91 Å². The minimum absolute atomic E-state index is 0.0181. The molecule has 16 heteroatoms. The van der Waals surface area contributed by atoms with Crippen molar-refractivity contribution in [2.45, 2.75) is 43.1 Å². The lowest BCUT2D eigenvalue weighted by Gasteiger charge is -2.53. The zero-order valence-corrected chi connectivity index (χ0v) is 30.3. The first kappa shape index (κ1) is 39.0. The molecule has 0 saturated heterocycles. The van der Waals surface area contributed by atoms with Crippen LogP contribution in [0, 0.1) is 11.8 Å². The number of carboxylic acids is 1. The van der Waals surface area contributed by atoms with Crippen molar-refractivity contribution in [1.29, 1.82) is 0 Å². The standard InChI is InChI=1S/C36H42Cl2N4O10/c1-35(51)20-5-4-6-24(43)25(20)29(44)26-21(35)16-22-28(41(2)3)30(45)27(32(47)36(22,52)31(26)46)33(48)40-17-39-23(34(49)50)15-18-7-9-19(10-8-18)42(13-11-37)14-12-38/h4-10,21-23,28,39,43-44,47,51-52H,11-17H2,1-3H3,(H,40,48)(H,49,50)/t21-,22-,23-,28-,35-,36-/m0/s1. The van der Waals surface area contributed by atoms with Crippen LogP contribution < -0.4 is 15.5 Å². The molecule has 0 unspecified atom stereocenters. The Hall–Kier alpha value is -4.18. The Morgan fingerprint density at radius 1 is 1.00 bits per heavy atom. The third kappa shape index (κ3) is 6.63. The second kappa shape index (κ2) is 15.0. The number of aliphatic hydroxyl groups is 4. The number of alkyl halides is 2. The van der Waals surface area contributed by atoms with Gasteiger partial charge in [0, 0.05) is 47.9 Å². The number of hydrogen-bond donors (Lipinski definition) is 8. The molecule has 0 radical (unpaired) electrons. The summed E-state index contributed by atoms with van der Waals surface area (Å²) in [5.41, 5.74) is -4.70. The van der Waals surface area contributed by atoms with Crippen LogP contribution in [0.25, 0.3) is 5.76 Å². The van der Waals surface area contributed by atoms with Gasteiger partial charge in [-0.3, -0.25) is 29.4 Å². The molecule has 6 atom stereocenters. The maximum absolute atomic E-state index is 14.3. The number of Topliss-reactive ketones (excluding diaryl/α,β-unsaturated/α-hetero) is 2. The molecule has 0 aromatic heterocycles. The number of carbonyl (C=O) groups is 4. The first-order chi connectivity index (χ1) is 24.5. The van der Waals surface area contributed by atoms with Crippen molar-refractivity contribution in [3.05, 3.63) is 76.1 Å². The van der Waals surface area contributed by atoms with Gasteiger partial charge in [0.2, 0.25) is 5.78 Å². The van der Waals surface area contributed by atoms with Gasteiger partial charge in [-0.1, -0.05) is 24.3 Å². The van der Waals surface area contributed by atoms with Gasteiger partial charge in [0.15, 0.2) is 11.4 Å². The Morgan fingerprint density at radius 2 is 1.63 bits per heavy atom. The lowest BCUT2D eigenvalue weighted by molar-refractivity contribution is -0.159. The number of aliphatic carboxylic acids is 1. The van der Waals surface area contributed by atoms with Crippen LogP contribution in [0.15, 0.2) is 59.4 Å². The van der Waals surface area contributed by atoms with E-state index in [0.29, 0.717) is 30.4 Å². The number of halogens is 2. The highest BCUT2D eigenvalue weighted by molar-refractivity contribution is 6.25. The van der Waals surface area contributed by atoms with Crippen LogP contribution in [0.2, 0.25) is 0 Å². The molecule has 1 saturated carbocycles. The van der Waals surface area contributed by atoms with Crippen LogP contribution in [-0.2, 0) is 31.2 Å². The number of amides is 1. The van der Waals surface area contributed by atoms with E-state index in [1.165, 1.54) is 44.1 Å². The predicted molar refractivity (Wildman–Crippen MR) is 192 cm³/mol. The molecule has 280 valence electrons. The number of aromatic hydroxyl groups is 1. The van der Waals surface area contributed by atoms with E-state index in [0.717, 1.165) is 5.69 Å². The van der Waals surface area contributed by atoms with Crippen molar-refractivity contribution in [3.63, 3.8) is 0 Å². The molecule has 0 bridgehead atoms. The highest BCUT2D eigenvalue weighted by Crippen LogP contribution is 2.57. The fourth-order valence-corrected chi connectivity index (χ4v) is 8.13. The summed E-state index contributed by atoms with van der Waals surface area (Å²) in [7, 11) is 2.97. The van der Waals surface area contributed by atoms with Gasteiger partial charge in [-0.05, 0) is 63.2 Å². The topological polar surface area (TPSA) is 220 Å². The van der Waals surface area contributed by atoms with Crippen LogP contribution in [0.5, 0.6) is 5.75 Å². The third-order valence-corrected chi connectivity index (χ3v) is 10.7. The van der Waals surface area contributed by atoms with Crippen molar-refractivity contribution in [2.24, 2.45) is 11.8 Å². The molecule has 3 aliphatic carbocycles. The molecule has 2 aromatic rings. The number of anilines is 1. The van der Waals surface area contributed by atoms with E-state index >= 15 is 0 Å². The minimum Gasteiger partial charge on any atom is -0.508 e. The van der Waals surface area contributed by atoms with E-state index < -0.39 is 93.6 Å². The molecule has 2 aromatic carbocycles. The quantitative estimate of drug-likeness (QED) is 0.0831. The molecule has 8 N–H and O–H groups in total. The van der Waals surface area contributed by atoms with Gasteiger partial charge in [0.1, 0.15) is 28.9 Å². The van der Waals surface area contributed by atoms with Crippen LogP contribution >= 0.6 is 23.2 Å². The number of hydrogen-bond acceptors (Lipinski definition) is 12. The first-order valence-corrected chi connectivity index (χ1v) is 17.7. The summed E-state index contributed by atoms with van der Waals surface area (Å²) in [6.45, 7) is 2.05. The van der Waals surface area contributed by atoms with Crippen molar-refractivity contribution in [2.75, 3.05) is 50.5 Å². The number of rotatable bonds is 13. The molecular weight excluding hydrogens is 719 g/mol. The maximum Gasteiger partial charge on any atom is 0.321 e. The third-order valence-electron chi connectivity index (χ3n) is 10.3. The fraction of sp³-hybridized carbons (Fsp3) is 0.444. The molecular formula is C36H42Cl2N4O10. The predicted octanol–water partition coefficient (Wildman–Crippen LogP) is 1.79. The van der Waals surface area contributed by atoms with Gasteiger partial charge in [0.05, 0.1) is 23.9 Å². The molecule has 52 heavy (non-hydrogen) atoms. The number of nitrogens with zero attached hydrogens (tertiary/aromatic N) is 2. The molecule has 0 spiro atoms. The van der Waals surface area contributed by atoms with E-state index in [4.69, 9.17) is 23.2 Å². The van der Waals surface area contributed by atoms with Crippen LogP contribution in [0.4, 0.5) is 5.69 Å². The van der Waals surface area contributed by atoms with Crippen molar-refractivity contribution < 1.29 is 49.8 Å². The summed E-state index contributed by atoms with van der Waals surface area (Å²) in [4.78, 5) is 57.2. The molecule has 14 nitrogen and oxygen atoms in total. The molecule has 3 aliphatic rings. The summed E-state index contributed by atoms with van der Waals surface area (Å²) in [6, 6.07) is 8.80. The van der Waals surface area contributed by atoms with Crippen LogP contribution in [0.3, 0.4) is 0 Å². The molecule has 1 fully saturated rings. The summed E-state index contributed by atoms with van der Waals surface area (Å²) >= 11 is 11.8. The van der Waals surface area contributed by atoms with Gasteiger partial charge < -0.3 is 40.9 Å². The van der Waals surface area contributed by atoms with Crippen molar-refractivity contribution in [3.8, 4) is 5.75 Å². The highest BCUT2D eigenvalue weighted by atomic mass is 35.5. The number of carboxylic acid groups (broad SMARTS) is 1. The number of phenolic OH excluding ortho intramolecular Hbond substituents is 1. The van der Waals surface area contributed by atoms with Crippen molar-refractivity contribution in [1.82, 2.24) is 15.5 Å². The molecule has 0 aliphatic heterocycles. The largest absolute Gasteiger partial charge is 0.508 e. The van der Waals surface area contributed by atoms with E-state index in [9.17, 15) is 49.8 Å². The van der Waals surface area contributed by atoms with Gasteiger partial charge in [-0.15, -0.1) is 23.2 Å². The lowest BCUT2D eigenvalue weighted by atomic mass is 9.54. The van der Waals surface area contributed by atoms with Gasteiger partial charge >= 0.3 is 5.97 Å². The van der Waals surface area contributed by atoms with E-state index in [-0.39, 0.29) is 24.0 Å². The number of phenols is 1. The van der Waals surface area contributed by atoms with E-state index in [1.54, 1.807) is 12.1 Å². The van der Waals surface area contributed by atoms with Gasteiger partial charge in [-0.25, -0.2) is 0 Å². The number of fused-ring (bicyclic) bond motifs is 3. The summed E-state index contributed by atoms with van der Waals surface area (Å²) in [5.74, 6) is -8.70. The number of ketones is 2. The Balaban J connectivity index is 1.40. The second-order valence-electron chi connectivity index (χ2n) is 13.6. The minimum atomic E-state index is -2.89. The van der Waals surface area contributed by atoms with Crippen LogP contribution in [0.1, 0.15) is 30.0 Å². The monoisotopic (exact) mass is 760 g/mol. The Kier molecular flexibility index (Phi) is 11.3. The SMILES string of the molecule is CN(C)[C@@H]1C(=O)C(C(=O)NCN[C@@H](Cc2ccc(N(CCCl)CCCl)cc2)C(=O)O)=C(O)[C@@]2(O)C(=O)C3=C(O)c4c(O)cccc4[C@](C)(O)[C@H]3C[C@@H]12. The van der Waals surface area contributed by atoms with Gasteiger partial charge in [-0.2, -0.15) is 0 Å². The summed E-state index contributed by atoms with van der Waals surface area (Å²) in [6.07, 6.45) is -0.262. The van der Waals surface area contributed by atoms with E-state index in [2.05, 4.69) is 10.6 Å². The number of carbonyl (C=O) groups excluding carboxylic acids is 3. The highest BCUT2D eigenvalue weighted by Gasteiger charge is 2.66. The zero-order chi connectivity index (χ0) is 38.3. The fourth-order valence-electron chi connectivity index (χ4n) is 7.73. The summed E-state index contributed by atoms with van der Waals surface area (Å²) in [5, 5.41) is 72.1. The Morgan fingerprint density at radius 3 is 2.21 bits per heavy atom. The number of likely N-dealkylation sites (N-methyl/N-ethyl adjacent to an activating group) is 1. The van der Waals surface area contributed by atoms with Crippen LogP contribution in [-0.4, -0.2) is 122 Å². The molecule has 0 heterocycles. The molecule has 1 amide bonds. The van der Waals surface area contributed by atoms with E-state index in [1.807, 2.05) is 17.0 Å². The lowest BCUT2D eigenvalue weighted by Crippen LogP contribution is -2.67.